The summed E-state index contributed by atoms with van der Waals surface area (Å²) in [6, 6.07) is 1.83. The number of aromatic nitrogens is 4. The van der Waals surface area contributed by atoms with E-state index >= 15 is 0 Å². The molecule has 0 aliphatic rings. The molecule has 0 saturated carbocycles. The Hall–Kier alpha value is -1.89. The number of nitrogens with one attached hydrogen (secondary N) is 2. The number of aryl methyl sites for hydroxylation is 1. The lowest BCUT2D eigenvalue weighted by Gasteiger charge is -2.21. The number of nitrogens with zero attached hydrogens (tertiary/aromatic N) is 3. The average molecular weight is 278 g/mol. The number of hydrogen-bond donors (Lipinski definition) is 3. The average Bonchev–Trinajstić information content (AvgIpc) is 2.80. The molecule has 0 aliphatic heterocycles. The zero-order chi connectivity index (χ0) is 14.7. The third kappa shape index (κ3) is 2.82. The smallest absolute Gasteiger partial charge is 0.349 e. The van der Waals surface area contributed by atoms with Gasteiger partial charge in [-0.2, -0.15) is 5.10 Å². The van der Waals surface area contributed by atoms with Crippen molar-refractivity contribution in [1.82, 2.24) is 19.6 Å². The fourth-order valence-electron chi connectivity index (χ4n) is 2.47. The third-order valence-electron chi connectivity index (χ3n) is 3.74. The molecule has 0 saturated heterocycles. The molecule has 0 radical (unpaired) electrons. The maximum absolute atomic E-state index is 11.5. The lowest BCUT2D eigenvalue weighted by atomic mass is 9.95. The van der Waals surface area contributed by atoms with E-state index in [0.717, 1.165) is 12.8 Å². The van der Waals surface area contributed by atoms with E-state index in [-0.39, 0.29) is 11.7 Å². The highest BCUT2D eigenvalue weighted by Crippen LogP contribution is 2.13. The van der Waals surface area contributed by atoms with Crippen LogP contribution in [0.15, 0.2) is 10.9 Å². The van der Waals surface area contributed by atoms with Gasteiger partial charge in [0.25, 0.3) is 0 Å². The number of nitrogens with two attached hydrogens (primary N) is 1. The van der Waals surface area contributed by atoms with Gasteiger partial charge in [-0.3, -0.25) is 0 Å². The van der Waals surface area contributed by atoms with Crippen LogP contribution >= 0.6 is 0 Å². The Morgan fingerprint density at radius 3 is 2.80 bits per heavy atom. The summed E-state index contributed by atoms with van der Waals surface area (Å²) in [5, 5.41) is 9.59. The van der Waals surface area contributed by atoms with E-state index in [1.165, 1.54) is 4.40 Å². The first-order chi connectivity index (χ1) is 9.56. The van der Waals surface area contributed by atoms with E-state index in [1.807, 2.05) is 0 Å². The number of rotatable bonds is 6. The predicted molar refractivity (Wildman–Crippen MR) is 78.9 cm³/mol. The summed E-state index contributed by atoms with van der Waals surface area (Å²) >= 11 is 0. The van der Waals surface area contributed by atoms with Crippen molar-refractivity contribution < 1.29 is 0 Å². The molecule has 2 heterocycles. The highest BCUT2D eigenvalue weighted by molar-refractivity contribution is 5.49. The Kier molecular flexibility index (Phi) is 4.39. The highest BCUT2D eigenvalue weighted by Gasteiger charge is 2.14. The first-order valence-electron chi connectivity index (χ1n) is 7.01. The molecule has 0 amide bonds. The van der Waals surface area contributed by atoms with Gasteiger partial charge in [0.05, 0.1) is 0 Å². The van der Waals surface area contributed by atoms with Crippen LogP contribution in [0.4, 0.5) is 5.82 Å². The minimum atomic E-state index is -0.273. The molecule has 0 spiro atoms. The molecule has 110 valence electrons. The summed E-state index contributed by atoms with van der Waals surface area (Å²) in [5.41, 5.74) is 6.46. The lowest BCUT2D eigenvalue weighted by molar-refractivity contribution is 0.407. The van der Waals surface area contributed by atoms with E-state index in [0.29, 0.717) is 29.8 Å². The molecule has 2 aromatic rings. The summed E-state index contributed by atoms with van der Waals surface area (Å²) < 4.78 is 1.44. The van der Waals surface area contributed by atoms with E-state index in [2.05, 4.69) is 34.3 Å². The third-order valence-corrected chi connectivity index (χ3v) is 3.74. The van der Waals surface area contributed by atoms with Crippen LogP contribution in [0, 0.1) is 12.8 Å². The molecule has 0 aromatic carbocycles. The van der Waals surface area contributed by atoms with Gasteiger partial charge in [-0.05, 0) is 12.8 Å². The molecule has 4 N–H and O–H groups in total. The van der Waals surface area contributed by atoms with Crippen LogP contribution in [0.5, 0.6) is 0 Å². The van der Waals surface area contributed by atoms with Gasteiger partial charge in [0.2, 0.25) is 0 Å². The molecule has 2 aromatic heterocycles. The molecule has 0 aliphatic carbocycles. The quantitative estimate of drug-likeness (QED) is 0.729. The van der Waals surface area contributed by atoms with Crippen LogP contribution in [0.3, 0.4) is 0 Å². The van der Waals surface area contributed by atoms with Gasteiger partial charge in [0.15, 0.2) is 5.65 Å². The molecule has 0 bridgehead atoms. The van der Waals surface area contributed by atoms with Crippen LogP contribution in [0.1, 0.15) is 32.5 Å². The molecule has 1 atom stereocenters. The molecule has 2 rings (SSSR count). The molecule has 20 heavy (non-hydrogen) atoms. The number of anilines is 1. The summed E-state index contributed by atoms with van der Waals surface area (Å²) in [4.78, 5) is 15.9. The van der Waals surface area contributed by atoms with Crippen LogP contribution in [-0.2, 0) is 0 Å². The van der Waals surface area contributed by atoms with E-state index < -0.39 is 0 Å². The zero-order valence-electron chi connectivity index (χ0n) is 12.2. The largest absolute Gasteiger partial charge is 0.368 e. The van der Waals surface area contributed by atoms with Crippen molar-refractivity contribution in [3.8, 4) is 0 Å². The molecule has 1 unspecified atom stereocenters. The summed E-state index contributed by atoms with van der Waals surface area (Å²) in [6.45, 7) is 6.73. The minimum Gasteiger partial charge on any atom is -0.368 e. The Bertz CT molecular complexity index is 627. The second-order valence-corrected chi connectivity index (χ2v) is 5.03. The van der Waals surface area contributed by atoms with Crippen molar-refractivity contribution in [2.45, 2.75) is 39.7 Å². The fraction of sp³-hybridized carbons (Fsp3) is 0.615. The fourth-order valence-corrected chi connectivity index (χ4v) is 2.47. The normalized spacial score (nSPS) is 13.1. The minimum absolute atomic E-state index is 0.0877. The summed E-state index contributed by atoms with van der Waals surface area (Å²) in [5.74, 6) is 1.79. The lowest BCUT2D eigenvalue weighted by Crippen LogP contribution is -2.36. The Labute approximate surface area is 117 Å². The molecule has 7 nitrogen and oxygen atoms in total. The molecular weight excluding hydrogens is 256 g/mol. The maximum Gasteiger partial charge on any atom is 0.349 e. The van der Waals surface area contributed by atoms with Crippen molar-refractivity contribution in [3.05, 3.63) is 22.4 Å². The van der Waals surface area contributed by atoms with Crippen molar-refractivity contribution in [2.75, 3.05) is 11.9 Å². The topological polar surface area (TPSA) is 101 Å². The van der Waals surface area contributed by atoms with E-state index in [1.54, 1.807) is 13.0 Å². The second kappa shape index (κ2) is 6.04. The van der Waals surface area contributed by atoms with Crippen LogP contribution in [0.25, 0.3) is 5.65 Å². The molecular formula is C13H22N6O. The van der Waals surface area contributed by atoms with Crippen LogP contribution in [0.2, 0.25) is 0 Å². The van der Waals surface area contributed by atoms with Gasteiger partial charge >= 0.3 is 5.69 Å². The van der Waals surface area contributed by atoms with Gasteiger partial charge in [-0.15, -0.1) is 0 Å². The standard InChI is InChI=1S/C13H22N6O/c1-4-9(5-2)10(14)7-15-11-6-12-17-18-13(20)19(12)8(3)16-11/h6,9-10,15H,4-5,7,14H2,1-3H3,(H,18,20). The van der Waals surface area contributed by atoms with Crippen molar-refractivity contribution in [1.29, 1.82) is 0 Å². The Morgan fingerprint density at radius 1 is 1.45 bits per heavy atom. The second-order valence-electron chi connectivity index (χ2n) is 5.03. The molecule has 7 heteroatoms. The van der Waals surface area contributed by atoms with Gasteiger partial charge in [0.1, 0.15) is 11.6 Å². The highest BCUT2D eigenvalue weighted by atomic mass is 16.1. The number of fused-ring (bicyclic) bond motifs is 1. The summed E-state index contributed by atoms with van der Waals surface area (Å²) in [7, 11) is 0. The van der Waals surface area contributed by atoms with Crippen molar-refractivity contribution in [3.63, 3.8) is 0 Å². The number of aromatic amines is 1. The monoisotopic (exact) mass is 278 g/mol. The van der Waals surface area contributed by atoms with Crippen LogP contribution < -0.4 is 16.7 Å². The van der Waals surface area contributed by atoms with Crippen molar-refractivity contribution >= 4 is 11.5 Å². The Morgan fingerprint density at radius 2 is 2.15 bits per heavy atom. The maximum atomic E-state index is 11.5. The first kappa shape index (κ1) is 14.5. The van der Waals surface area contributed by atoms with Crippen LogP contribution in [-0.4, -0.2) is 32.2 Å². The molecule has 0 fully saturated rings. The van der Waals surface area contributed by atoms with Gasteiger partial charge in [-0.25, -0.2) is 19.3 Å². The van der Waals surface area contributed by atoms with E-state index in [4.69, 9.17) is 5.73 Å². The van der Waals surface area contributed by atoms with Gasteiger partial charge < -0.3 is 11.1 Å². The number of H-pyrrole nitrogens is 1. The van der Waals surface area contributed by atoms with Crippen molar-refractivity contribution in [2.24, 2.45) is 11.7 Å². The van der Waals surface area contributed by atoms with Gasteiger partial charge in [0, 0.05) is 18.7 Å². The SMILES string of the molecule is CCC(CC)C(N)CNc1cc2n[nH]c(=O)n2c(C)n1. The predicted octanol–water partition coefficient (Wildman–Crippen LogP) is 0.901. The van der Waals surface area contributed by atoms with Gasteiger partial charge in [-0.1, -0.05) is 26.7 Å². The summed E-state index contributed by atoms with van der Waals surface area (Å²) in [6.07, 6.45) is 2.14. The Balaban J connectivity index is 2.12. The zero-order valence-corrected chi connectivity index (χ0v) is 12.2. The van der Waals surface area contributed by atoms with E-state index in [9.17, 15) is 4.79 Å². The number of hydrogen-bond acceptors (Lipinski definition) is 5. The first-order valence-corrected chi connectivity index (χ1v) is 7.01.